The van der Waals surface area contributed by atoms with Crippen LogP contribution in [0.25, 0.3) is 11.1 Å². The van der Waals surface area contributed by atoms with Gasteiger partial charge in [0.05, 0.1) is 0 Å². The van der Waals surface area contributed by atoms with Gasteiger partial charge in [0.25, 0.3) is 0 Å². The van der Waals surface area contributed by atoms with E-state index in [9.17, 15) is 30.7 Å². The van der Waals surface area contributed by atoms with E-state index in [1.165, 1.54) is 0 Å². The first kappa shape index (κ1) is 21.7. The van der Waals surface area contributed by atoms with Crippen molar-refractivity contribution in [3.63, 3.8) is 0 Å². The number of benzene rings is 3. The molecule has 0 saturated heterocycles. The molecule has 0 bridgehead atoms. The topological polar surface area (TPSA) is 9.23 Å². The molecule has 3 aromatic rings. The minimum absolute atomic E-state index is 0.00221. The second-order valence-corrected chi connectivity index (χ2v) is 6.62. The van der Waals surface area contributed by atoms with Gasteiger partial charge in [0.1, 0.15) is 17.2 Å². The Hall–Kier alpha value is -3.03. The van der Waals surface area contributed by atoms with E-state index in [1.807, 2.05) is 6.92 Å². The third-order valence-electron chi connectivity index (χ3n) is 4.56. The van der Waals surface area contributed by atoms with Crippen LogP contribution in [0.15, 0.2) is 42.5 Å². The van der Waals surface area contributed by atoms with Gasteiger partial charge in [0.2, 0.25) is 5.82 Å². The maximum atomic E-state index is 14.5. The zero-order valence-corrected chi connectivity index (χ0v) is 15.8. The van der Waals surface area contributed by atoms with Crippen molar-refractivity contribution in [3.05, 3.63) is 88.2 Å². The highest BCUT2D eigenvalue weighted by Gasteiger charge is 2.42. The van der Waals surface area contributed by atoms with Gasteiger partial charge in [-0.05, 0) is 53.8 Å². The summed E-state index contributed by atoms with van der Waals surface area (Å²) in [6.45, 7) is 2.90. The lowest BCUT2D eigenvalue weighted by Gasteiger charge is -2.21. The Morgan fingerprint density at radius 1 is 0.767 bits per heavy atom. The summed E-state index contributed by atoms with van der Waals surface area (Å²) >= 11 is 0. The molecule has 0 saturated carbocycles. The van der Waals surface area contributed by atoms with Crippen molar-refractivity contribution in [2.75, 3.05) is 0 Å². The molecular formula is C22H15F7O. The Labute approximate surface area is 167 Å². The Balaban J connectivity index is 2.01. The fraction of sp³-hybridized carbons (Fsp3) is 0.182. The predicted molar refractivity (Wildman–Crippen MR) is 96.7 cm³/mol. The molecule has 0 radical (unpaired) electrons. The fourth-order valence-electron chi connectivity index (χ4n) is 2.95. The number of rotatable bonds is 5. The lowest BCUT2D eigenvalue weighted by atomic mass is 10.0. The minimum Gasteiger partial charge on any atom is -0.425 e. The van der Waals surface area contributed by atoms with Gasteiger partial charge in [-0.15, -0.1) is 0 Å². The third kappa shape index (κ3) is 3.99. The summed E-state index contributed by atoms with van der Waals surface area (Å²) in [5.41, 5.74) is -0.926. The maximum Gasteiger partial charge on any atom is 0.432 e. The van der Waals surface area contributed by atoms with Crippen LogP contribution in [0.3, 0.4) is 0 Å². The van der Waals surface area contributed by atoms with Crippen molar-refractivity contribution >= 4 is 0 Å². The van der Waals surface area contributed by atoms with E-state index >= 15 is 0 Å². The lowest BCUT2D eigenvalue weighted by Crippen LogP contribution is -2.26. The summed E-state index contributed by atoms with van der Waals surface area (Å²) in [4.78, 5) is 0. The summed E-state index contributed by atoms with van der Waals surface area (Å²) in [5.74, 6) is -10.3. The van der Waals surface area contributed by atoms with Gasteiger partial charge in [-0.2, -0.15) is 13.2 Å². The van der Waals surface area contributed by atoms with Crippen LogP contribution in [-0.2, 0) is 12.5 Å². The highest BCUT2D eigenvalue weighted by molar-refractivity contribution is 5.64. The van der Waals surface area contributed by atoms with E-state index in [4.69, 9.17) is 0 Å². The van der Waals surface area contributed by atoms with E-state index in [-0.39, 0.29) is 5.56 Å². The molecule has 30 heavy (non-hydrogen) atoms. The Morgan fingerprint density at radius 2 is 1.33 bits per heavy atom. The van der Waals surface area contributed by atoms with Crippen LogP contribution >= 0.6 is 0 Å². The van der Waals surface area contributed by atoms with Gasteiger partial charge in [0, 0.05) is 0 Å². The van der Waals surface area contributed by atoms with Crippen LogP contribution in [0.1, 0.15) is 23.6 Å². The van der Waals surface area contributed by atoms with Crippen molar-refractivity contribution in [2.45, 2.75) is 26.4 Å². The molecule has 0 aliphatic rings. The van der Waals surface area contributed by atoms with Gasteiger partial charge in [-0.1, -0.05) is 31.2 Å². The number of halogens is 7. The molecule has 0 aliphatic carbocycles. The maximum absolute atomic E-state index is 14.5. The number of hydrogen-bond acceptors (Lipinski definition) is 1. The summed E-state index contributed by atoms with van der Waals surface area (Å²) in [5, 5.41) is 0. The average molecular weight is 428 g/mol. The van der Waals surface area contributed by atoms with E-state index in [0.29, 0.717) is 23.8 Å². The Morgan fingerprint density at radius 3 is 1.87 bits per heavy atom. The molecule has 0 atom stereocenters. The van der Waals surface area contributed by atoms with E-state index in [1.54, 1.807) is 24.3 Å². The van der Waals surface area contributed by atoms with Crippen LogP contribution < -0.4 is 4.74 Å². The lowest BCUT2D eigenvalue weighted by molar-refractivity contribution is -0.191. The first-order valence-electron chi connectivity index (χ1n) is 8.85. The largest absolute Gasteiger partial charge is 0.432 e. The smallest absolute Gasteiger partial charge is 0.425 e. The van der Waals surface area contributed by atoms with Crippen LogP contribution in [0.5, 0.6) is 5.75 Å². The highest BCUT2D eigenvalue weighted by Crippen LogP contribution is 2.39. The number of aryl methyl sites for hydroxylation is 2. The number of alkyl halides is 2. The first-order valence-corrected chi connectivity index (χ1v) is 8.85. The van der Waals surface area contributed by atoms with Gasteiger partial charge >= 0.3 is 6.11 Å². The number of hydrogen-bond donors (Lipinski definition) is 0. The molecular weight excluding hydrogens is 413 g/mol. The minimum atomic E-state index is -4.70. The molecule has 0 amide bonds. The molecule has 158 valence electrons. The van der Waals surface area contributed by atoms with Crippen molar-refractivity contribution < 1.29 is 35.5 Å². The molecule has 0 unspecified atom stereocenters. The zero-order chi connectivity index (χ0) is 22.2. The van der Waals surface area contributed by atoms with Gasteiger partial charge in [-0.3, -0.25) is 0 Å². The first-order chi connectivity index (χ1) is 14.0. The fourth-order valence-corrected chi connectivity index (χ4v) is 2.95. The quantitative estimate of drug-likeness (QED) is 0.313. The zero-order valence-electron chi connectivity index (χ0n) is 15.8. The summed E-state index contributed by atoms with van der Waals surface area (Å²) < 4.78 is 102. The monoisotopic (exact) mass is 428 g/mol. The SMILES string of the molecule is CCc1ccc(-c2cc(F)c(C(F)(F)Oc3c(C)cc(F)c(F)c3F)c(F)c2)cc1. The van der Waals surface area contributed by atoms with Crippen molar-refractivity contribution in [2.24, 2.45) is 0 Å². The molecule has 0 aromatic heterocycles. The summed E-state index contributed by atoms with van der Waals surface area (Å²) in [6, 6.07) is 8.43. The van der Waals surface area contributed by atoms with Crippen LogP contribution in [0.2, 0.25) is 0 Å². The van der Waals surface area contributed by atoms with Crippen molar-refractivity contribution in [1.82, 2.24) is 0 Å². The van der Waals surface area contributed by atoms with Crippen LogP contribution in [-0.4, -0.2) is 0 Å². The molecule has 8 heteroatoms. The predicted octanol–water partition coefficient (Wildman–Crippen LogP) is 7.05. The molecule has 0 heterocycles. The third-order valence-corrected chi connectivity index (χ3v) is 4.56. The van der Waals surface area contributed by atoms with E-state index in [0.717, 1.165) is 18.9 Å². The van der Waals surface area contributed by atoms with Gasteiger partial charge < -0.3 is 4.74 Å². The van der Waals surface area contributed by atoms with Crippen molar-refractivity contribution in [1.29, 1.82) is 0 Å². The molecule has 3 rings (SSSR count). The molecule has 1 nitrogen and oxygen atoms in total. The van der Waals surface area contributed by atoms with E-state index in [2.05, 4.69) is 4.74 Å². The Kier molecular flexibility index (Phi) is 5.78. The van der Waals surface area contributed by atoms with Crippen LogP contribution in [0, 0.1) is 36.0 Å². The average Bonchev–Trinajstić information content (AvgIpc) is 2.69. The molecule has 0 aliphatic heterocycles. The van der Waals surface area contributed by atoms with Gasteiger partial charge in [-0.25, -0.2) is 17.6 Å². The summed E-state index contributed by atoms with van der Waals surface area (Å²) in [7, 11) is 0. The second-order valence-electron chi connectivity index (χ2n) is 6.62. The van der Waals surface area contributed by atoms with Crippen molar-refractivity contribution in [3.8, 4) is 16.9 Å². The highest BCUT2D eigenvalue weighted by atomic mass is 19.3. The molecule has 0 fully saturated rings. The van der Waals surface area contributed by atoms with E-state index < -0.39 is 52.1 Å². The molecule has 0 spiro atoms. The Bertz CT molecular complexity index is 1070. The molecule has 0 N–H and O–H groups in total. The standard InChI is InChI=1S/C22H15F7O/c1-3-12-4-6-13(7-5-12)14-9-15(23)18(16(24)10-14)22(28,29)30-21-11(2)8-17(25)19(26)20(21)27/h4-10H,3H2,1-2H3. The number of ether oxygens (including phenoxy) is 1. The second kappa shape index (κ2) is 8.01. The normalized spacial score (nSPS) is 11.6. The molecule has 3 aromatic carbocycles. The van der Waals surface area contributed by atoms with Gasteiger partial charge in [0.15, 0.2) is 17.4 Å². The van der Waals surface area contributed by atoms with Crippen LogP contribution in [0.4, 0.5) is 30.7 Å². The summed E-state index contributed by atoms with van der Waals surface area (Å²) in [6.07, 6.45) is -3.96.